The van der Waals surface area contributed by atoms with Crippen LogP contribution in [-0.4, -0.2) is 58.5 Å². The second-order valence-corrected chi connectivity index (χ2v) is 8.87. The number of imidazole rings is 1. The number of hydrogen-bond acceptors (Lipinski definition) is 5. The minimum Gasteiger partial charge on any atom is -0.497 e. The summed E-state index contributed by atoms with van der Waals surface area (Å²) in [6.45, 7) is 2.02. The van der Waals surface area contributed by atoms with Crippen molar-refractivity contribution >= 4 is 22.8 Å². The third-order valence-corrected chi connectivity index (χ3v) is 6.77. The molecule has 0 spiro atoms. The SMILES string of the molecule is COc1ccc2nc(CNC(=O)[C@@]34CCCCN3C[C@@H](NC(=O)C3CC3)C4)[nH]c2c1. The molecule has 1 aliphatic carbocycles. The molecular formula is C22H29N5O3. The van der Waals surface area contributed by atoms with E-state index in [1.54, 1.807) is 7.11 Å². The molecule has 2 aromatic rings. The molecule has 3 aliphatic rings. The fraction of sp³-hybridized carbons (Fsp3) is 0.591. The van der Waals surface area contributed by atoms with Crippen molar-refractivity contribution in [2.24, 2.45) is 5.92 Å². The van der Waals surface area contributed by atoms with E-state index in [9.17, 15) is 9.59 Å². The van der Waals surface area contributed by atoms with Gasteiger partial charge in [-0.1, -0.05) is 0 Å². The standard InChI is InChI=1S/C22H29N5O3/c1-30-16-6-7-17-18(10-16)26-19(25-17)12-23-21(29)22-8-2-3-9-27(22)13-15(11-22)24-20(28)14-4-5-14/h6-7,10,14-15H,2-5,8-9,11-13H2,1H3,(H,23,29)(H,24,28)(H,25,26)/t15-,22-/m0/s1. The Morgan fingerprint density at radius 1 is 1.33 bits per heavy atom. The molecule has 5 rings (SSSR count). The van der Waals surface area contributed by atoms with Gasteiger partial charge in [0, 0.05) is 24.6 Å². The summed E-state index contributed by atoms with van der Waals surface area (Å²) in [5.74, 6) is 1.89. The monoisotopic (exact) mass is 411 g/mol. The zero-order valence-corrected chi connectivity index (χ0v) is 17.4. The van der Waals surface area contributed by atoms with Gasteiger partial charge in [-0.05, 0) is 57.2 Å². The first-order valence-corrected chi connectivity index (χ1v) is 10.9. The first-order chi connectivity index (χ1) is 14.6. The molecule has 8 nitrogen and oxygen atoms in total. The number of nitrogens with zero attached hydrogens (tertiary/aromatic N) is 2. The summed E-state index contributed by atoms with van der Waals surface area (Å²) in [6.07, 6.45) is 5.66. The van der Waals surface area contributed by atoms with Crippen molar-refractivity contribution in [1.82, 2.24) is 25.5 Å². The highest BCUT2D eigenvalue weighted by Gasteiger charge is 2.52. The van der Waals surface area contributed by atoms with Crippen LogP contribution in [-0.2, 0) is 16.1 Å². The van der Waals surface area contributed by atoms with E-state index in [0.29, 0.717) is 13.0 Å². The number of hydrogen-bond donors (Lipinski definition) is 3. The van der Waals surface area contributed by atoms with Gasteiger partial charge in [-0.15, -0.1) is 0 Å². The van der Waals surface area contributed by atoms with Crippen molar-refractivity contribution in [3.63, 3.8) is 0 Å². The van der Waals surface area contributed by atoms with Crippen molar-refractivity contribution in [3.8, 4) is 5.75 Å². The second kappa shape index (κ2) is 7.58. The lowest BCUT2D eigenvalue weighted by Gasteiger charge is -2.40. The summed E-state index contributed by atoms with van der Waals surface area (Å²) in [7, 11) is 1.63. The predicted octanol–water partition coefficient (Wildman–Crippen LogP) is 1.71. The van der Waals surface area contributed by atoms with Gasteiger partial charge in [-0.2, -0.15) is 0 Å². The molecule has 160 valence electrons. The maximum absolute atomic E-state index is 13.3. The molecule has 1 saturated carbocycles. The predicted molar refractivity (Wildman–Crippen MR) is 112 cm³/mol. The molecule has 3 N–H and O–H groups in total. The highest BCUT2D eigenvalue weighted by atomic mass is 16.5. The van der Waals surface area contributed by atoms with Crippen LogP contribution < -0.4 is 15.4 Å². The van der Waals surface area contributed by atoms with Crippen LogP contribution in [0.3, 0.4) is 0 Å². The van der Waals surface area contributed by atoms with E-state index in [1.807, 2.05) is 18.2 Å². The van der Waals surface area contributed by atoms with Crippen LogP contribution in [0.4, 0.5) is 0 Å². The molecule has 3 heterocycles. The van der Waals surface area contributed by atoms with Crippen LogP contribution in [0.25, 0.3) is 11.0 Å². The number of rotatable bonds is 6. The van der Waals surface area contributed by atoms with Crippen LogP contribution in [0.5, 0.6) is 5.75 Å². The number of ether oxygens (including phenoxy) is 1. The molecule has 2 saturated heterocycles. The zero-order chi connectivity index (χ0) is 20.7. The third-order valence-electron chi connectivity index (χ3n) is 6.77. The number of carbonyl (C=O) groups is 2. The first kappa shape index (κ1) is 19.4. The summed E-state index contributed by atoms with van der Waals surface area (Å²) < 4.78 is 5.26. The molecule has 0 bridgehead atoms. The third kappa shape index (κ3) is 3.53. The molecule has 3 fully saturated rings. The Labute approximate surface area is 175 Å². The van der Waals surface area contributed by atoms with Gasteiger partial charge >= 0.3 is 0 Å². The van der Waals surface area contributed by atoms with Crippen LogP contribution in [0, 0.1) is 5.92 Å². The van der Waals surface area contributed by atoms with Gasteiger partial charge in [0.15, 0.2) is 0 Å². The molecule has 30 heavy (non-hydrogen) atoms. The Bertz CT molecular complexity index is 969. The number of amides is 2. The Kier molecular flexibility index (Phi) is 4.89. The van der Waals surface area contributed by atoms with Gasteiger partial charge < -0.3 is 20.4 Å². The lowest BCUT2D eigenvalue weighted by molar-refractivity contribution is -0.134. The van der Waals surface area contributed by atoms with Gasteiger partial charge in [-0.3, -0.25) is 14.5 Å². The van der Waals surface area contributed by atoms with E-state index in [4.69, 9.17) is 4.74 Å². The van der Waals surface area contributed by atoms with E-state index in [2.05, 4.69) is 25.5 Å². The zero-order valence-electron chi connectivity index (χ0n) is 17.4. The average Bonchev–Trinajstić information content (AvgIpc) is 3.42. The van der Waals surface area contributed by atoms with Crippen LogP contribution >= 0.6 is 0 Å². The number of nitrogens with one attached hydrogen (secondary N) is 3. The largest absolute Gasteiger partial charge is 0.497 e. The van der Waals surface area contributed by atoms with E-state index >= 15 is 0 Å². The quantitative estimate of drug-likeness (QED) is 0.672. The number of aromatic nitrogens is 2. The van der Waals surface area contributed by atoms with Crippen LogP contribution in [0.2, 0.25) is 0 Å². The van der Waals surface area contributed by atoms with Crippen LogP contribution in [0.1, 0.15) is 44.3 Å². The second-order valence-electron chi connectivity index (χ2n) is 8.87. The smallest absolute Gasteiger partial charge is 0.240 e. The lowest BCUT2D eigenvalue weighted by atomic mass is 9.84. The molecule has 1 aromatic carbocycles. The normalized spacial score (nSPS) is 26.4. The van der Waals surface area contributed by atoms with Gasteiger partial charge in [0.25, 0.3) is 0 Å². The Hall–Kier alpha value is -2.61. The number of methoxy groups -OCH3 is 1. The van der Waals surface area contributed by atoms with Gasteiger partial charge in [0.1, 0.15) is 17.1 Å². The molecule has 2 amide bonds. The molecule has 2 aliphatic heterocycles. The number of piperidine rings is 1. The Balaban J connectivity index is 1.27. The van der Waals surface area contributed by atoms with Crippen molar-refractivity contribution in [1.29, 1.82) is 0 Å². The lowest BCUT2D eigenvalue weighted by Crippen LogP contribution is -2.57. The minimum absolute atomic E-state index is 0.0448. The Morgan fingerprint density at radius 2 is 2.20 bits per heavy atom. The number of carbonyl (C=O) groups excluding carboxylic acids is 2. The number of H-pyrrole nitrogens is 1. The van der Waals surface area contributed by atoms with E-state index in [-0.39, 0.29) is 23.8 Å². The fourth-order valence-corrected chi connectivity index (χ4v) is 5.02. The number of aromatic amines is 1. The van der Waals surface area contributed by atoms with Gasteiger partial charge in [0.05, 0.1) is 24.7 Å². The summed E-state index contributed by atoms with van der Waals surface area (Å²) in [6, 6.07) is 5.74. The molecule has 1 aromatic heterocycles. The molecule has 0 radical (unpaired) electrons. The van der Waals surface area contributed by atoms with Gasteiger partial charge in [0.2, 0.25) is 11.8 Å². The highest BCUT2D eigenvalue weighted by molar-refractivity contribution is 5.87. The average molecular weight is 412 g/mol. The summed E-state index contributed by atoms with van der Waals surface area (Å²) in [4.78, 5) is 35.7. The van der Waals surface area contributed by atoms with Crippen molar-refractivity contribution in [3.05, 3.63) is 24.0 Å². The molecule has 2 atom stereocenters. The van der Waals surface area contributed by atoms with E-state index in [1.165, 1.54) is 0 Å². The molecular weight excluding hydrogens is 382 g/mol. The van der Waals surface area contributed by atoms with E-state index in [0.717, 1.165) is 67.8 Å². The van der Waals surface area contributed by atoms with Crippen LogP contribution in [0.15, 0.2) is 18.2 Å². The molecule has 8 heteroatoms. The summed E-state index contributed by atoms with van der Waals surface area (Å²) in [5, 5.41) is 6.30. The Morgan fingerprint density at radius 3 is 3.00 bits per heavy atom. The fourth-order valence-electron chi connectivity index (χ4n) is 5.02. The maximum Gasteiger partial charge on any atom is 0.240 e. The van der Waals surface area contributed by atoms with Gasteiger partial charge in [-0.25, -0.2) is 4.98 Å². The van der Waals surface area contributed by atoms with Crippen molar-refractivity contribution < 1.29 is 14.3 Å². The number of fused-ring (bicyclic) bond motifs is 2. The summed E-state index contributed by atoms with van der Waals surface area (Å²) >= 11 is 0. The number of benzene rings is 1. The van der Waals surface area contributed by atoms with Crippen molar-refractivity contribution in [2.45, 2.75) is 56.7 Å². The topological polar surface area (TPSA) is 99.3 Å². The maximum atomic E-state index is 13.3. The minimum atomic E-state index is -0.519. The highest BCUT2D eigenvalue weighted by Crippen LogP contribution is 2.39. The van der Waals surface area contributed by atoms with E-state index < -0.39 is 5.54 Å². The molecule has 0 unspecified atom stereocenters. The summed E-state index contributed by atoms with van der Waals surface area (Å²) in [5.41, 5.74) is 1.22. The first-order valence-electron chi connectivity index (χ1n) is 10.9. The van der Waals surface area contributed by atoms with Crippen molar-refractivity contribution in [2.75, 3.05) is 20.2 Å².